The molecule has 1 saturated heterocycles. The highest BCUT2D eigenvalue weighted by atomic mass is 16.5. The van der Waals surface area contributed by atoms with Crippen LogP contribution in [-0.4, -0.2) is 88.9 Å². The van der Waals surface area contributed by atoms with E-state index < -0.39 is 59.3 Å². The number of nitrogens with zero attached hydrogens (tertiary/aromatic N) is 1. The zero-order valence-corrected chi connectivity index (χ0v) is 29.0. The van der Waals surface area contributed by atoms with Crippen molar-refractivity contribution in [1.29, 1.82) is 0 Å². The van der Waals surface area contributed by atoms with Crippen LogP contribution in [0.15, 0.2) is 60.7 Å². The number of rotatable bonds is 19. The Balaban J connectivity index is 1.77. The van der Waals surface area contributed by atoms with Crippen LogP contribution in [0.4, 0.5) is 0 Å². The Kier molecular flexibility index (Phi) is 15.8. The second kappa shape index (κ2) is 19.7. The first kappa shape index (κ1) is 40.1. The van der Waals surface area contributed by atoms with Gasteiger partial charge in [-0.2, -0.15) is 0 Å². The molecule has 1 aliphatic rings. The highest BCUT2D eigenvalue weighted by Crippen LogP contribution is 2.21. The van der Waals surface area contributed by atoms with E-state index in [-0.39, 0.29) is 57.5 Å². The van der Waals surface area contributed by atoms with Gasteiger partial charge in [-0.25, -0.2) is 4.79 Å². The molecule has 4 amide bonds. The molecule has 0 saturated carbocycles. The number of hydroxylamine groups is 1. The van der Waals surface area contributed by atoms with Crippen molar-refractivity contribution in [3.8, 4) is 0 Å². The van der Waals surface area contributed by atoms with Crippen molar-refractivity contribution >= 4 is 29.6 Å². The Hall–Kier alpha value is -4.37. The van der Waals surface area contributed by atoms with E-state index in [0.717, 1.165) is 11.1 Å². The average Bonchev–Trinajstić information content (AvgIpc) is 3.10. The summed E-state index contributed by atoms with van der Waals surface area (Å²) in [5.41, 5.74) is 12.5. The SMILES string of the molecule is CC(C)C[C@@H](NC(=O)[C@@H](Cc1ccccc1)NC(=O)[C@H](N)Cc1ccccc1)C(=O)N[C@H](CCCCN)C(=O)N1CCC([NH2+][O-])(C(=O)O)CC1. The van der Waals surface area contributed by atoms with Gasteiger partial charge in [0.05, 0.1) is 6.04 Å². The Morgan fingerprint density at radius 3 is 1.86 bits per heavy atom. The van der Waals surface area contributed by atoms with E-state index in [1.807, 2.05) is 74.5 Å². The molecule has 50 heavy (non-hydrogen) atoms. The van der Waals surface area contributed by atoms with Gasteiger partial charge in [0.15, 0.2) is 5.54 Å². The predicted octanol–water partition coefficient (Wildman–Crippen LogP) is -0.0644. The van der Waals surface area contributed by atoms with Gasteiger partial charge in [0.2, 0.25) is 23.6 Å². The standard InChI is InChI=1S/C36H53N7O7/c1-24(2)21-29(32(45)39-28(15-9-10-18-37)34(47)43-19-16-36(42-50,17-20-43)35(48)49)41-33(46)30(23-26-13-7-4-8-14-26)40-31(44)27(38)22-25-11-5-3-6-12-25/h3-8,11-14,24,27-30H,9-10,15-23,37-38,42H2,1-2H3,(H,39,45)(H,40,44)(H,41,46)(H,48,49)/t27-,28-,29-,30-/m1/s1. The first-order valence-electron chi connectivity index (χ1n) is 17.3. The number of hydrogen-bond acceptors (Lipinski definition) is 8. The molecule has 0 aliphatic carbocycles. The summed E-state index contributed by atoms with van der Waals surface area (Å²) in [4.78, 5) is 67.9. The number of carboxylic acid groups (broad SMARTS) is 1. The highest BCUT2D eigenvalue weighted by molar-refractivity contribution is 5.95. The molecule has 1 fully saturated rings. The van der Waals surface area contributed by atoms with E-state index in [1.165, 1.54) is 4.90 Å². The van der Waals surface area contributed by atoms with Gasteiger partial charge in [0.25, 0.3) is 0 Å². The number of nitrogens with two attached hydrogens (primary N) is 3. The second-order valence-electron chi connectivity index (χ2n) is 13.5. The molecule has 14 nitrogen and oxygen atoms in total. The topological polar surface area (TPSA) is 237 Å². The van der Waals surface area contributed by atoms with Crippen LogP contribution in [0.2, 0.25) is 0 Å². The smallest absolute Gasteiger partial charge is 0.366 e. The molecular weight excluding hydrogens is 642 g/mol. The third-order valence-corrected chi connectivity index (χ3v) is 9.07. The van der Waals surface area contributed by atoms with Gasteiger partial charge in [-0.05, 0) is 55.7 Å². The molecule has 2 aromatic rings. The zero-order chi connectivity index (χ0) is 36.7. The van der Waals surface area contributed by atoms with Crippen LogP contribution in [0.1, 0.15) is 63.5 Å². The number of carboxylic acids is 1. The summed E-state index contributed by atoms with van der Waals surface area (Å²) in [6.07, 6.45) is 2.06. The van der Waals surface area contributed by atoms with Crippen molar-refractivity contribution < 1.29 is 34.6 Å². The number of carbonyl (C=O) groups is 5. The normalized spacial score (nSPS) is 16.5. The number of aliphatic carboxylic acids is 1. The molecule has 0 unspecified atom stereocenters. The summed E-state index contributed by atoms with van der Waals surface area (Å²) in [6, 6.07) is 14.5. The summed E-state index contributed by atoms with van der Waals surface area (Å²) < 4.78 is 0. The molecular formula is C36H53N7O7. The lowest BCUT2D eigenvalue weighted by Crippen LogP contribution is -2.95. The van der Waals surface area contributed by atoms with Crippen molar-refractivity contribution in [3.05, 3.63) is 77.0 Å². The van der Waals surface area contributed by atoms with E-state index in [4.69, 9.17) is 11.5 Å². The summed E-state index contributed by atoms with van der Waals surface area (Å²) in [6.45, 7) is 4.29. The van der Waals surface area contributed by atoms with Crippen LogP contribution in [0.3, 0.4) is 0 Å². The Morgan fingerprint density at radius 1 is 0.820 bits per heavy atom. The van der Waals surface area contributed by atoms with Gasteiger partial charge in [-0.1, -0.05) is 74.5 Å². The first-order chi connectivity index (χ1) is 23.9. The lowest BCUT2D eigenvalue weighted by molar-refractivity contribution is -0.659. The second-order valence-corrected chi connectivity index (χ2v) is 13.5. The van der Waals surface area contributed by atoms with Gasteiger partial charge in [0, 0.05) is 32.4 Å². The largest absolute Gasteiger partial charge is 0.635 e. The van der Waals surface area contributed by atoms with Crippen molar-refractivity contribution in [3.63, 3.8) is 0 Å². The molecule has 274 valence electrons. The maximum absolute atomic E-state index is 13.9. The fourth-order valence-corrected chi connectivity index (χ4v) is 6.02. The van der Waals surface area contributed by atoms with Gasteiger partial charge in [-0.15, -0.1) is 0 Å². The average molecular weight is 696 g/mol. The number of amides is 4. The number of piperidine rings is 1. The van der Waals surface area contributed by atoms with Crippen molar-refractivity contribution in [2.24, 2.45) is 17.4 Å². The van der Waals surface area contributed by atoms with Gasteiger partial charge >= 0.3 is 5.97 Å². The van der Waals surface area contributed by atoms with E-state index in [9.17, 15) is 34.3 Å². The summed E-state index contributed by atoms with van der Waals surface area (Å²) in [5, 5.41) is 29.6. The Morgan fingerprint density at radius 2 is 1.34 bits per heavy atom. The minimum Gasteiger partial charge on any atom is -0.635 e. The van der Waals surface area contributed by atoms with Crippen LogP contribution in [-0.2, 0) is 36.8 Å². The van der Waals surface area contributed by atoms with Crippen LogP contribution in [0.25, 0.3) is 0 Å². The van der Waals surface area contributed by atoms with Crippen molar-refractivity contribution in [2.45, 2.75) is 94.9 Å². The van der Waals surface area contributed by atoms with Crippen LogP contribution in [0.5, 0.6) is 0 Å². The third kappa shape index (κ3) is 11.9. The van der Waals surface area contributed by atoms with E-state index in [0.29, 0.717) is 24.9 Å². The molecule has 0 aromatic heterocycles. The lowest BCUT2D eigenvalue weighted by atomic mass is 9.88. The molecule has 1 heterocycles. The molecule has 10 N–H and O–H groups in total. The number of carbonyl (C=O) groups excluding carboxylic acids is 4. The Bertz CT molecular complexity index is 1400. The number of quaternary nitrogens is 1. The lowest BCUT2D eigenvalue weighted by Gasteiger charge is -2.39. The fourth-order valence-electron chi connectivity index (χ4n) is 6.02. The zero-order valence-electron chi connectivity index (χ0n) is 29.0. The van der Waals surface area contributed by atoms with Gasteiger partial charge in [0.1, 0.15) is 18.1 Å². The van der Waals surface area contributed by atoms with E-state index in [2.05, 4.69) is 16.0 Å². The minimum atomic E-state index is -1.54. The number of benzene rings is 2. The van der Waals surface area contributed by atoms with Gasteiger partial charge in [-0.3, -0.25) is 19.2 Å². The third-order valence-electron chi connectivity index (χ3n) is 9.07. The molecule has 0 radical (unpaired) electrons. The van der Waals surface area contributed by atoms with Crippen molar-refractivity contribution in [1.82, 2.24) is 20.9 Å². The molecule has 3 rings (SSSR count). The molecule has 0 spiro atoms. The fraction of sp³-hybridized carbons (Fsp3) is 0.528. The number of likely N-dealkylation sites (tertiary alicyclic amines) is 1. The van der Waals surface area contributed by atoms with E-state index in [1.54, 1.807) is 0 Å². The Labute approximate surface area is 293 Å². The summed E-state index contributed by atoms with van der Waals surface area (Å²) in [7, 11) is 0. The van der Waals surface area contributed by atoms with Crippen LogP contribution < -0.4 is 32.9 Å². The first-order valence-corrected chi connectivity index (χ1v) is 17.3. The molecule has 1 aliphatic heterocycles. The maximum Gasteiger partial charge on any atom is 0.366 e. The molecule has 4 atom stereocenters. The predicted molar refractivity (Wildman–Crippen MR) is 188 cm³/mol. The quantitative estimate of drug-likeness (QED) is 0.0769. The minimum absolute atomic E-state index is 0.0199. The maximum atomic E-state index is 13.9. The number of unbranched alkanes of at least 4 members (excludes halogenated alkanes) is 1. The number of hydrogen-bond donors (Lipinski definition) is 7. The van der Waals surface area contributed by atoms with Crippen LogP contribution >= 0.6 is 0 Å². The summed E-state index contributed by atoms with van der Waals surface area (Å²) in [5.74, 6) is -3.28. The van der Waals surface area contributed by atoms with E-state index >= 15 is 0 Å². The molecule has 0 bridgehead atoms. The van der Waals surface area contributed by atoms with Crippen molar-refractivity contribution in [2.75, 3.05) is 19.6 Å². The monoisotopic (exact) mass is 695 g/mol. The molecule has 2 aromatic carbocycles. The van der Waals surface area contributed by atoms with Gasteiger partial charge < -0.3 is 48.1 Å². The molecule has 14 heteroatoms. The number of nitrogens with one attached hydrogen (secondary N) is 3. The highest BCUT2D eigenvalue weighted by Gasteiger charge is 2.45. The summed E-state index contributed by atoms with van der Waals surface area (Å²) >= 11 is 0. The van der Waals surface area contributed by atoms with Crippen LogP contribution in [0, 0.1) is 11.1 Å².